The highest BCUT2D eigenvalue weighted by Gasteiger charge is 2.57. The molecule has 1 atom stereocenters. The molecular weight excluding hydrogens is 324 g/mol. The number of sulfone groups is 1. The highest BCUT2D eigenvalue weighted by atomic mass is 32.2. The van der Waals surface area contributed by atoms with Crippen molar-refractivity contribution in [3.8, 4) is 0 Å². The number of nitrogens with zero attached hydrogens (tertiary/aromatic N) is 1. The van der Waals surface area contributed by atoms with Crippen LogP contribution in [0.4, 0.5) is 0 Å². The zero-order valence-electron chi connectivity index (χ0n) is 13.8. The lowest BCUT2D eigenvalue weighted by atomic mass is 9.63. The summed E-state index contributed by atoms with van der Waals surface area (Å²) in [6, 6.07) is 10.6. The smallest absolute Gasteiger partial charge is 0.223 e. The number of carbonyl (C=O) groups is 1. The second kappa shape index (κ2) is 5.85. The topological polar surface area (TPSA) is 66.5 Å². The molecule has 0 aromatic heterocycles. The second-order valence-corrected chi connectivity index (χ2v) is 9.92. The lowest BCUT2D eigenvalue weighted by Crippen LogP contribution is -2.59. The van der Waals surface area contributed by atoms with Gasteiger partial charge in [0.2, 0.25) is 5.91 Å². The first-order valence-corrected chi connectivity index (χ1v) is 10.5. The fraction of sp³-hybridized carbons (Fsp3) is 0.611. The molecule has 4 rings (SSSR count). The van der Waals surface area contributed by atoms with Gasteiger partial charge in [-0.3, -0.25) is 9.69 Å². The van der Waals surface area contributed by atoms with E-state index < -0.39 is 9.84 Å². The van der Waals surface area contributed by atoms with Crippen molar-refractivity contribution in [1.29, 1.82) is 0 Å². The van der Waals surface area contributed by atoms with Gasteiger partial charge in [0.25, 0.3) is 0 Å². The third-order valence-corrected chi connectivity index (χ3v) is 7.75. The average Bonchev–Trinajstić information content (AvgIpc) is 2.90. The maximum Gasteiger partial charge on any atom is 0.223 e. The third-order valence-electron chi connectivity index (χ3n) is 5.65. The van der Waals surface area contributed by atoms with Gasteiger partial charge in [0, 0.05) is 31.6 Å². The Morgan fingerprint density at radius 2 is 1.92 bits per heavy atom. The summed E-state index contributed by atoms with van der Waals surface area (Å²) in [4.78, 5) is 14.7. The van der Waals surface area contributed by atoms with Crippen molar-refractivity contribution in [3.05, 3.63) is 35.9 Å². The van der Waals surface area contributed by atoms with Crippen LogP contribution in [-0.4, -0.2) is 49.9 Å². The second-order valence-electron chi connectivity index (χ2n) is 7.85. The van der Waals surface area contributed by atoms with Gasteiger partial charge in [0.15, 0.2) is 9.84 Å². The van der Waals surface area contributed by atoms with Crippen LogP contribution in [0.5, 0.6) is 0 Å². The molecule has 1 aromatic carbocycles. The van der Waals surface area contributed by atoms with Gasteiger partial charge in [-0.05, 0) is 30.2 Å². The number of hydrogen-bond donors (Lipinski definition) is 1. The van der Waals surface area contributed by atoms with E-state index in [9.17, 15) is 13.2 Å². The van der Waals surface area contributed by atoms with Gasteiger partial charge < -0.3 is 5.32 Å². The Balaban J connectivity index is 1.22. The number of carbonyl (C=O) groups excluding carboxylic acids is 1. The molecular formula is C18H24N2O3S. The molecule has 1 spiro atoms. The summed E-state index contributed by atoms with van der Waals surface area (Å²) >= 11 is 0. The summed E-state index contributed by atoms with van der Waals surface area (Å²) in [7, 11) is -2.80. The predicted molar refractivity (Wildman–Crippen MR) is 92.1 cm³/mol. The molecule has 3 aliphatic rings. The maximum atomic E-state index is 12.4. The Labute approximate surface area is 143 Å². The molecule has 1 N–H and O–H groups in total. The summed E-state index contributed by atoms with van der Waals surface area (Å²) < 4.78 is 22.7. The molecule has 1 unspecified atom stereocenters. The van der Waals surface area contributed by atoms with Crippen molar-refractivity contribution in [2.75, 3.05) is 24.6 Å². The number of hydrogen-bond acceptors (Lipinski definition) is 4. The molecule has 2 heterocycles. The lowest BCUT2D eigenvalue weighted by Gasteiger charge is -2.52. The Kier molecular flexibility index (Phi) is 3.92. The van der Waals surface area contributed by atoms with Crippen LogP contribution in [0.3, 0.4) is 0 Å². The van der Waals surface area contributed by atoms with Crippen molar-refractivity contribution >= 4 is 15.7 Å². The van der Waals surface area contributed by atoms with Crippen molar-refractivity contribution in [3.63, 3.8) is 0 Å². The third kappa shape index (κ3) is 3.22. The van der Waals surface area contributed by atoms with Gasteiger partial charge in [0.1, 0.15) is 0 Å². The average molecular weight is 348 g/mol. The minimum atomic E-state index is -2.80. The van der Waals surface area contributed by atoms with Crippen LogP contribution in [0, 0.1) is 11.3 Å². The van der Waals surface area contributed by atoms with Crippen LogP contribution >= 0.6 is 0 Å². The van der Waals surface area contributed by atoms with E-state index in [1.165, 1.54) is 5.56 Å². The number of likely N-dealkylation sites (tertiary alicyclic amines) is 1. The molecule has 1 aromatic rings. The quantitative estimate of drug-likeness (QED) is 0.888. The minimum Gasteiger partial charge on any atom is -0.352 e. The summed E-state index contributed by atoms with van der Waals surface area (Å²) in [6.45, 7) is 2.83. The molecule has 0 radical (unpaired) electrons. The van der Waals surface area contributed by atoms with Crippen LogP contribution < -0.4 is 5.32 Å². The van der Waals surface area contributed by atoms with E-state index in [-0.39, 0.29) is 34.8 Å². The van der Waals surface area contributed by atoms with Crippen LogP contribution in [0.1, 0.15) is 24.8 Å². The highest BCUT2D eigenvalue weighted by molar-refractivity contribution is 7.92. The van der Waals surface area contributed by atoms with Gasteiger partial charge in [-0.1, -0.05) is 30.3 Å². The zero-order valence-corrected chi connectivity index (χ0v) is 14.6. The number of amides is 1. The van der Waals surface area contributed by atoms with E-state index in [2.05, 4.69) is 34.5 Å². The zero-order chi connectivity index (χ0) is 16.8. The Bertz CT molecular complexity index is 712. The highest BCUT2D eigenvalue weighted by Crippen LogP contribution is 2.53. The summed E-state index contributed by atoms with van der Waals surface area (Å²) in [5, 5.41) is 3.17. The number of rotatable bonds is 4. The van der Waals surface area contributed by atoms with Crippen LogP contribution in [-0.2, 0) is 21.2 Å². The predicted octanol–water partition coefficient (Wildman–Crippen LogP) is 1.20. The minimum absolute atomic E-state index is 0.0173. The Hall–Kier alpha value is -1.40. The molecule has 2 aliphatic heterocycles. The SMILES string of the molecule is O=C(NC1CCN(Cc2ccccc2)C1)C1CC2(C1)CS(=O)(=O)C2. The molecule has 1 aliphatic carbocycles. The molecule has 5 nitrogen and oxygen atoms in total. The van der Waals surface area contributed by atoms with Gasteiger partial charge in [-0.2, -0.15) is 0 Å². The molecule has 1 amide bonds. The van der Waals surface area contributed by atoms with Gasteiger partial charge in [0.05, 0.1) is 11.5 Å². The van der Waals surface area contributed by atoms with Crippen molar-refractivity contribution in [2.45, 2.75) is 31.8 Å². The summed E-state index contributed by atoms with van der Waals surface area (Å²) in [5.74, 6) is 0.719. The van der Waals surface area contributed by atoms with E-state index in [1.807, 2.05) is 6.07 Å². The first kappa shape index (κ1) is 16.1. The molecule has 6 heteroatoms. The molecule has 2 saturated heterocycles. The Morgan fingerprint density at radius 1 is 1.21 bits per heavy atom. The first-order chi connectivity index (χ1) is 11.4. The summed E-state index contributed by atoms with van der Waals surface area (Å²) in [6.07, 6.45) is 2.49. The molecule has 1 saturated carbocycles. The fourth-order valence-corrected chi connectivity index (χ4v) is 6.81. The number of benzene rings is 1. The lowest BCUT2D eigenvalue weighted by molar-refractivity contribution is -0.132. The largest absolute Gasteiger partial charge is 0.352 e. The van der Waals surface area contributed by atoms with Gasteiger partial charge in [-0.15, -0.1) is 0 Å². The van der Waals surface area contributed by atoms with E-state index >= 15 is 0 Å². The molecule has 24 heavy (non-hydrogen) atoms. The normalized spacial score (nSPS) is 28.2. The van der Waals surface area contributed by atoms with E-state index in [1.54, 1.807) is 0 Å². The van der Waals surface area contributed by atoms with Crippen LogP contribution in [0.2, 0.25) is 0 Å². The molecule has 3 fully saturated rings. The van der Waals surface area contributed by atoms with E-state index in [0.717, 1.165) is 38.9 Å². The monoisotopic (exact) mass is 348 g/mol. The molecule has 0 bridgehead atoms. The van der Waals surface area contributed by atoms with Crippen molar-refractivity contribution in [2.24, 2.45) is 11.3 Å². The van der Waals surface area contributed by atoms with Gasteiger partial charge in [-0.25, -0.2) is 8.42 Å². The standard InChI is InChI=1S/C18H24N2O3S/c21-17(15-8-18(9-15)12-24(22,23)13-18)19-16-6-7-20(11-16)10-14-4-2-1-3-5-14/h1-5,15-16H,6-13H2,(H,19,21). The fourth-order valence-electron chi connectivity index (χ4n) is 4.55. The van der Waals surface area contributed by atoms with E-state index in [4.69, 9.17) is 0 Å². The summed E-state index contributed by atoms with van der Waals surface area (Å²) in [5.41, 5.74) is 1.24. The molecule has 130 valence electrons. The Morgan fingerprint density at radius 3 is 2.58 bits per heavy atom. The maximum absolute atomic E-state index is 12.4. The van der Waals surface area contributed by atoms with Crippen LogP contribution in [0.25, 0.3) is 0 Å². The van der Waals surface area contributed by atoms with E-state index in [0.29, 0.717) is 0 Å². The van der Waals surface area contributed by atoms with Crippen molar-refractivity contribution in [1.82, 2.24) is 10.2 Å². The van der Waals surface area contributed by atoms with Gasteiger partial charge >= 0.3 is 0 Å². The van der Waals surface area contributed by atoms with Crippen LogP contribution in [0.15, 0.2) is 30.3 Å². The van der Waals surface area contributed by atoms with Crippen molar-refractivity contribution < 1.29 is 13.2 Å². The first-order valence-electron chi connectivity index (χ1n) is 8.70. The number of nitrogens with one attached hydrogen (secondary N) is 1.